The fourth-order valence-electron chi connectivity index (χ4n) is 2.69. The summed E-state index contributed by atoms with van der Waals surface area (Å²) in [6.45, 7) is 1.95. The standard InChI is InChI=1S/C19H22N2O3S/c1-22-16-7-3-2-5-14(16)6-4-10-20-19(25)21-15-8-9-17-18(13-15)24-12-11-23-17/h2-3,5,7-9,13H,4,6,10-12H2,1H3,(H2,20,21,25). The Morgan fingerprint density at radius 1 is 1.12 bits per heavy atom. The molecule has 0 atom stereocenters. The minimum Gasteiger partial charge on any atom is -0.496 e. The first-order chi connectivity index (χ1) is 12.3. The summed E-state index contributed by atoms with van der Waals surface area (Å²) >= 11 is 5.35. The number of thiocarbonyl (C=S) groups is 1. The second-order valence-electron chi connectivity index (χ2n) is 5.65. The molecule has 132 valence electrons. The Labute approximate surface area is 153 Å². The average molecular weight is 358 g/mol. The van der Waals surface area contributed by atoms with Gasteiger partial charge >= 0.3 is 0 Å². The van der Waals surface area contributed by atoms with Gasteiger partial charge in [0.1, 0.15) is 19.0 Å². The van der Waals surface area contributed by atoms with Gasteiger partial charge in [-0.1, -0.05) is 18.2 Å². The number of para-hydroxylation sites is 1. The van der Waals surface area contributed by atoms with Crippen LogP contribution in [-0.2, 0) is 6.42 Å². The Hall–Kier alpha value is -2.47. The molecular formula is C19H22N2O3S. The summed E-state index contributed by atoms with van der Waals surface area (Å²) in [7, 11) is 1.70. The normalized spacial score (nSPS) is 12.4. The smallest absolute Gasteiger partial charge is 0.170 e. The number of ether oxygens (including phenoxy) is 3. The van der Waals surface area contributed by atoms with Crippen molar-refractivity contribution in [1.82, 2.24) is 5.32 Å². The van der Waals surface area contributed by atoms with Crippen molar-refractivity contribution in [2.75, 3.05) is 32.2 Å². The predicted molar refractivity (Wildman–Crippen MR) is 103 cm³/mol. The van der Waals surface area contributed by atoms with Gasteiger partial charge in [-0.15, -0.1) is 0 Å². The number of rotatable bonds is 6. The van der Waals surface area contributed by atoms with Crippen molar-refractivity contribution in [3.63, 3.8) is 0 Å². The van der Waals surface area contributed by atoms with Gasteiger partial charge in [-0.05, 0) is 48.8 Å². The molecule has 0 saturated carbocycles. The molecular weight excluding hydrogens is 336 g/mol. The van der Waals surface area contributed by atoms with E-state index in [1.807, 2.05) is 36.4 Å². The first-order valence-corrected chi connectivity index (χ1v) is 8.73. The number of methoxy groups -OCH3 is 1. The van der Waals surface area contributed by atoms with E-state index in [0.717, 1.165) is 42.3 Å². The van der Waals surface area contributed by atoms with Crippen LogP contribution >= 0.6 is 12.2 Å². The average Bonchev–Trinajstić information content (AvgIpc) is 2.65. The lowest BCUT2D eigenvalue weighted by Gasteiger charge is -2.19. The molecule has 0 aliphatic carbocycles. The van der Waals surface area contributed by atoms with Gasteiger partial charge in [0, 0.05) is 18.3 Å². The van der Waals surface area contributed by atoms with Crippen LogP contribution in [0.1, 0.15) is 12.0 Å². The van der Waals surface area contributed by atoms with Crippen molar-refractivity contribution in [3.8, 4) is 17.2 Å². The number of hydrogen-bond acceptors (Lipinski definition) is 4. The molecule has 3 rings (SSSR count). The zero-order valence-electron chi connectivity index (χ0n) is 14.2. The first-order valence-electron chi connectivity index (χ1n) is 8.32. The molecule has 0 aromatic heterocycles. The number of hydrogen-bond donors (Lipinski definition) is 2. The lowest BCUT2D eigenvalue weighted by molar-refractivity contribution is 0.171. The van der Waals surface area contributed by atoms with Crippen LogP contribution in [-0.4, -0.2) is 32.0 Å². The Balaban J connectivity index is 1.44. The maximum atomic E-state index is 5.57. The molecule has 5 nitrogen and oxygen atoms in total. The molecule has 0 radical (unpaired) electrons. The molecule has 1 aliphatic heterocycles. The van der Waals surface area contributed by atoms with Crippen LogP contribution in [0.5, 0.6) is 17.2 Å². The van der Waals surface area contributed by atoms with Gasteiger partial charge in [0.05, 0.1) is 7.11 Å². The zero-order valence-corrected chi connectivity index (χ0v) is 15.0. The van der Waals surface area contributed by atoms with Gasteiger partial charge in [0.2, 0.25) is 0 Å². The molecule has 1 aliphatic rings. The van der Waals surface area contributed by atoms with Crippen LogP contribution in [0.15, 0.2) is 42.5 Å². The fraction of sp³-hybridized carbons (Fsp3) is 0.316. The Bertz CT molecular complexity index is 736. The van der Waals surface area contributed by atoms with Crippen molar-refractivity contribution in [2.45, 2.75) is 12.8 Å². The van der Waals surface area contributed by atoms with Gasteiger partial charge in [-0.25, -0.2) is 0 Å². The van der Waals surface area contributed by atoms with Gasteiger partial charge in [-0.2, -0.15) is 0 Å². The Morgan fingerprint density at radius 2 is 1.92 bits per heavy atom. The zero-order chi connectivity index (χ0) is 17.5. The summed E-state index contributed by atoms with van der Waals surface area (Å²) in [5.74, 6) is 2.45. The molecule has 0 unspecified atom stereocenters. The minimum absolute atomic E-state index is 0.572. The third-order valence-electron chi connectivity index (χ3n) is 3.90. The molecule has 2 N–H and O–H groups in total. The SMILES string of the molecule is COc1ccccc1CCCNC(=S)Nc1ccc2c(c1)OCCO2. The van der Waals surface area contributed by atoms with E-state index in [4.69, 9.17) is 26.4 Å². The van der Waals surface area contributed by atoms with Crippen LogP contribution in [0.2, 0.25) is 0 Å². The van der Waals surface area contributed by atoms with Crippen LogP contribution in [0.3, 0.4) is 0 Å². The molecule has 2 aromatic rings. The lowest BCUT2D eigenvalue weighted by atomic mass is 10.1. The highest BCUT2D eigenvalue weighted by molar-refractivity contribution is 7.80. The van der Waals surface area contributed by atoms with E-state index in [0.29, 0.717) is 18.3 Å². The van der Waals surface area contributed by atoms with Crippen molar-refractivity contribution in [3.05, 3.63) is 48.0 Å². The highest BCUT2D eigenvalue weighted by Crippen LogP contribution is 2.32. The lowest BCUT2D eigenvalue weighted by Crippen LogP contribution is -2.29. The fourth-order valence-corrected chi connectivity index (χ4v) is 2.91. The third-order valence-corrected chi connectivity index (χ3v) is 4.15. The molecule has 1 heterocycles. The number of aryl methyl sites for hydroxylation is 1. The molecule has 0 bridgehead atoms. The van der Waals surface area contributed by atoms with Gasteiger partial charge in [-0.3, -0.25) is 0 Å². The quantitative estimate of drug-likeness (QED) is 0.610. The maximum absolute atomic E-state index is 5.57. The second kappa shape index (κ2) is 8.58. The van der Waals surface area contributed by atoms with Crippen LogP contribution < -0.4 is 24.8 Å². The summed E-state index contributed by atoms with van der Waals surface area (Å²) in [6, 6.07) is 13.8. The summed E-state index contributed by atoms with van der Waals surface area (Å²) in [5.41, 5.74) is 2.09. The van der Waals surface area contributed by atoms with Crippen molar-refractivity contribution >= 4 is 23.0 Å². The minimum atomic E-state index is 0.572. The highest BCUT2D eigenvalue weighted by Gasteiger charge is 2.12. The molecule has 0 amide bonds. The number of anilines is 1. The molecule has 25 heavy (non-hydrogen) atoms. The first kappa shape index (κ1) is 17.4. The van der Waals surface area contributed by atoms with E-state index >= 15 is 0 Å². The van der Waals surface area contributed by atoms with Crippen LogP contribution in [0.25, 0.3) is 0 Å². The summed E-state index contributed by atoms with van der Waals surface area (Å²) in [4.78, 5) is 0. The van der Waals surface area contributed by atoms with E-state index in [1.165, 1.54) is 5.56 Å². The van der Waals surface area contributed by atoms with Crippen molar-refractivity contribution < 1.29 is 14.2 Å². The molecule has 0 fully saturated rings. The van der Waals surface area contributed by atoms with E-state index in [9.17, 15) is 0 Å². The number of fused-ring (bicyclic) bond motifs is 1. The van der Waals surface area contributed by atoms with E-state index in [1.54, 1.807) is 7.11 Å². The van der Waals surface area contributed by atoms with Crippen LogP contribution in [0.4, 0.5) is 5.69 Å². The van der Waals surface area contributed by atoms with Gasteiger partial charge < -0.3 is 24.8 Å². The largest absolute Gasteiger partial charge is 0.496 e. The van der Waals surface area contributed by atoms with E-state index in [-0.39, 0.29) is 0 Å². The Kier molecular flexibility index (Phi) is 5.95. The second-order valence-corrected chi connectivity index (χ2v) is 6.06. The van der Waals surface area contributed by atoms with E-state index in [2.05, 4.69) is 16.7 Å². The molecule has 6 heteroatoms. The van der Waals surface area contributed by atoms with Crippen LogP contribution in [0, 0.1) is 0 Å². The highest BCUT2D eigenvalue weighted by atomic mass is 32.1. The van der Waals surface area contributed by atoms with Crippen molar-refractivity contribution in [1.29, 1.82) is 0 Å². The molecule has 0 spiro atoms. The summed E-state index contributed by atoms with van der Waals surface area (Å²) < 4.78 is 16.5. The maximum Gasteiger partial charge on any atom is 0.170 e. The third kappa shape index (κ3) is 4.76. The van der Waals surface area contributed by atoms with Crippen molar-refractivity contribution in [2.24, 2.45) is 0 Å². The molecule has 2 aromatic carbocycles. The summed E-state index contributed by atoms with van der Waals surface area (Å²) in [5, 5.41) is 6.99. The Morgan fingerprint density at radius 3 is 2.76 bits per heavy atom. The monoisotopic (exact) mass is 358 g/mol. The van der Waals surface area contributed by atoms with Gasteiger partial charge in [0.25, 0.3) is 0 Å². The van der Waals surface area contributed by atoms with Gasteiger partial charge in [0.15, 0.2) is 16.6 Å². The number of nitrogens with one attached hydrogen (secondary N) is 2. The van der Waals surface area contributed by atoms with E-state index < -0.39 is 0 Å². The number of benzene rings is 2. The molecule has 0 saturated heterocycles. The topological polar surface area (TPSA) is 51.8 Å². The predicted octanol–water partition coefficient (Wildman–Crippen LogP) is 3.39. The summed E-state index contributed by atoms with van der Waals surface area (Å²) in [6.07, 6.45) is 1.90.